The van der Waals surface area contributed by atoms with Gasteiger partial charge in [0, 0.05) is 19.1 Å². The molecule has 11 nitrogen and oxygen atoms in total. The van der Waals surface area contributed by atoms with Crippen LogP contribution in [0.25, 0.3) is 11.0 Å². The summed E-state index contributed by atoms with van der Waals surface area (Å²) in [4.78, 5) is 42.9. The van der Waals surface area contributed by atoms with E-state index in [-0.39, 0.29) is 28.3 Å². The number of nitrogens with zero attached hydrogens (tertiary/aromatic N) is 1. The standard InChI is InChI=1S/C22H25N5O6S/c1-2-33-22(30)27-11-9-14(10-12-27)23-20(28)16-5-3-4-6-17(16)26-34(31,32)15-7-8-18-19(13-15)25-21(29)24-18/h3-8,13-14,26H,2,9-12H2,1H3,(H,23,28)(H2,24,25,29). The highest BCUT2D eigenvalue weighted by molar-refractivity contribution is 7.92. The maximum absolute atomic E-state index is 13.0. The van der Waals surface area contributed by atoms with E-state index in [0.29, 0.717) is 43.6 Å². The number of imidazole rings is 1. The number of nitrogens with one attached hydrogen (secondary N) is 4. The van der Waals surface area contributed by atoms with Crippen molar-refractivity contribution < 1.29 is 22.7 Å². The van der Waals surface area contributed by atoms with Crippen LogP contribution in [0, 0.1) is 0 Å². The number of sulfonamides is 1. The number of hydrogen-bond donors (Lipinski definition) is 4. The van der Waals surface area contributed by atoms with E-state index in [1.165, 1.54) is 30.3 Å². The largest absolute Gasteiger partial charge is 0.450 e. The highest BCUT2D eigenvalue weighted by Crippen LogP contribution is 2.22. The molecule has 1 aromatic heterocycles. The molecule has 4 rings (SSSR count). The van der Waals surface area contributed by atoms with E-state index in [1.54, 1.807) is 24.0 Å². The first-order valence-corrected chi connectivity index (χ1v) is 12.3. The van der Waals surface area contributed by atoms with Gasteiger partial charge in [0.1, 0.15) is 0 Å². The van der Waals surface area contributed by atoms with Crippen LogP contribution in [0.3, 0.4) is 0 Å². The number of piperidine rings is 1. The number of para-hydroxylation sites is 1. The van der Waals surface area contributed by atoms with Crippen LogP contribution in [0.2, 0.25) is 0 Å². The fourth-order valence-corrected chi connectivity index (χ4v) is 4.94. The number of carbonyl (C=O) groups is 2. The molecule has 2 amide bonds. The van der Waals surface area contributed by atoms with Crippen LogP contribution in [-0.2, 0) is 14.8 Å². The summed E-state index contributed by atoms with van der Waals surface area (Å²) in [5, 5.41) is 2.92. The summed E-state index contributed by atoms with van der Waals surface area (Å²) in [5.74, 6) is -0.418. The van der Waals surface area contributed by atoms with E-state index in [1.807, 2.05) is 0 Å². The first-order chi connectivity index (χ1) is 16.3. The van der Waals surface area contributed by atoms with Crippen molar-refractivity contribution in [2.45, 2.75) is 30.7 Å². The first kappa shape index (κ1) is 23.4. The smallest absolute Gasteiger partial charge is 0.409 e. The zero-order chi connectivity index (χ0) is 24.3. The molecule has 3 aromatic rings. The van der Waals surface area contributed by atoms with Gasteiger partial charge in [0.2, 0.25) is 0 Å². The van der Waals surface area contributed by atoms with E-state index >= 15 is 0 Å². The average molecular weight is 488 g/mol. The molecule has 0 saturated carbocycles. The minimum Gasteiger partial charge on any atom is -0.450 e. The van der Waals surface area contributed by atoms with Crippen LogP contribution < -0.4 is 15.7 Å². The second-order valence-corrected chi connectivity index (χ2v) is 9.55. The normalized spacial score (nSPS) is 14.7. The molecule has 1 saturated heterocycles. The zero-order valence-corrected chi connectivity index (χ0v) is 19.3. The van der Waals surface area contributed by atoms with Crippen molar-refractivity contribution in [1.82, 2.24) is 20.2 Å². The molecule has 1 fully saturated rings. The lowest BCUT2D eigenvalue weighted by atomic mass is 10.0. The molecular formula is C22H25N5O6S. The van der Waals surface area contributed by atoms with Gasteiger partial charge in [-0.05, 0) is 50.1 Å². The number of likely N-dealkylation sites (tertiary alicyclic amines) is 1. The molecule has 2 aromatic carbocycles. The van der Waals surface area contributed by atoms with Crippen molar-refractivity contribution in [2.24, 2.45) is 0 Å². The quantitative estimate of drug-likeness (QED) is 0.417. The van der Waals surface area contributed by atoms with E-state index in [2.05, 4.69) is 20.0 Å². The third kappa shape index (κ3) is 5.06. The molecule has 1 aliphatic heterocycles. The molecule has 2 heterocycles. The SMILES string of the molecule is CCOC(=O)N1CCC(NC(=O)c2ccccc2NS(=O)(=O)c2ccc3[nH]c(=O)[nH]c3c2)CC1. The Labute approximate surface area is 195 Å². The Bertz CT molecular complexity index is 1370. The number of aromatic nitrogens is 2. The van der Waals surface area contributed by atoms with Crippen LogP contribution in [0.1, 0.15) is 30.1 Å². The monoisotopic (exact) mass is 487 g/mol. The van der Waals surface area contributed by atoms with Crippen molar-refractivity contribution in [1.29, 1.82) is 0 Å². The fraction of sp³-hybridized carbons (Fsp3) is 0.318. The molecule has 34 heavy (non-hydrogen) atoms. The lowest BCUT2D eigenvalue weighted by molar-refractivity contribution is 0.0860. The number of ether oxygens (including phenoxy) is 1. The first-order valence-electron chi connectivity index (χ1n) is 10.8. The fourth-order valence-electron chi connectivity index (χ4n) is 3.84. The Kier molecular flexibility index (Phi) is 6.59. The van der Waals surface area contributed by atoms with Crippen molar-refractivity contribution in [3.8, 4) is 0 Å². The van der Waals surface area contributed by atoms with Gasteiger partial charge in [-0.25, -0.2) is 18.0 Å². The predicted molar refractivity (Wildman–Crippen MR) is 125 cm³/mol. The molecular weight excluding hydrogens is 462 g/mol. The lowest BCUT2D eigenvalue weighted by Gasteiger charge is -2.31. The van der Waals surface area contributed by atoms with Crippen molar-refractivity contribution in [2.75, 3.05) is 24.4 Å². The molecule has 0 atom stereocenters. The number of amides is 2. The summed E-state index contributed by atoms with van der Waals surface area (Å²) in [6.45, 7) is 2.97. The van der Waals surface area contributed by atoms with Gasteiger partial charge in [-0.15, -0.1) is 0 Å². The molecule has 0 bridgehead atoms. The van der Waals surface area contributed by atoms with Crippen molar-refractivity contribution in [3.63, 3.8) is 0 Å². The molecule has 4 N–H and O–H groups in total. The van der Waals surface area contributed by atoms with Gasteiger partial charge in [0.05, 0.1) is 33.8 Å². The number of carbonyl (C=O) groups excluding carboxylic acids is 2. The second kappa shape index (κ2) is 9.59. The summed E-state index contributed by atoms with van der Waals surface area (Å²) in [7, 11) is -4.03. The summed E-state index contributed by atoms with van der Waals surface area (Å²) in [6.07, 6.45) is 0.759. The molecule has 0 radical (unpaired) electrons. The molecule has 180 valence electrons. The second-order valence-electron chi connectivity index (χ2n) is 7.87. The van der Waals surface area contributed by atoms with E-state index in [9.17, 15) is 22.8 Å². The number of hydrogen-bond acceptors (Lipinski definition) is 6. The Morgan fingerprint density at radius 1 is 1.09 bits per heavy atom. The third-order valence-corrected chi connectivity index (χ3v) is 6.93. The Balaban J connectivity index is 1.46. The molecule has 0 spiro atoms. The molecule has 12 heteroatoms. The van der Waals surface area contributed by atoms with Crippen LogP contribution >= 0.6 is 0 Å². The number of fused-ring (bicyclic) bond motifs is 1. The van der Waals surface area contributed by atoms with Gasteiger partial charge in [-0.3, -0.25) is 9.52 Å². The van der Waals surface area contributed by atoms with E-state index in [4.69, 9.17) is 4.74 Å². The topological polar surface area (TPSA) is 153 Å². The highest BCUT2D eigenvalue weighted by atomic mass is 32.2. The highest BCUT2D eigenvalue weighted by Gasteiger charge is 2.26. The van der Waals surface area contributed by atoms with Gasteiger partial charge in [-0.2, -0.15) is 0 Å². The number of rotatable bonds is 6. The third-order valence-electron chi connectivity index (χ3n) is 5.57. The Morgan fingerprint density at radius 2 is 1.79 bits per heavy atom. The maximum Gasteiger partial charge on any atom is 0.409 e. The Morgan fingerprint density at radius 3 is 2.53 bits per heavy atom. The van der Waals surface area contributed by atoms with Gasteiger partial charge in [0.15, 0.2) is 0 Å². The summed E-state index contributed by atoms with van der Waals surface area (Å²) in [6, 6.07) is 10.4. The van der Waals surface area contributed by atoms with Crippen LogP contribution in [0.4, 0.5) is 10.5 Å². The Hall–Kier alpha value is -3.80. The van der Waals surface area contributed by atoms with Gasteiger partial charge >= 0.3 is 11.8 Å². The average Bonchev–Trinajstić information content (AvgIpc) is 3.19. The van der Waals surface area contributed by atoms with Gasteiger partial charge < -0.3 is 24.9 Å². The minimum absolute atomic E-state index is 0.0585. The van der Waals surface area contributed by atoms with Crippen LogP contribution in [-0.4, -0.2) is 61.0 Å². The number of aromatic amines is 2. The maximum atomic E-state index is 13.0. The zero-order valence-electron chi connectivity index (χ0n) is 18.5. The molecule has 1 aliphatic rings. The van der Waals surface area contributed by atoms with Crippen LogP contribution in [0.5, 0.6) is 0 Å². The predicted octanol–water partition coefficient (Wildman–Crippen LogP) is 2.01. The number of anilines is 1. The molecule has 0 aliphatic carbocycles. The van der Waals surface area contributed by atoms with Gasteiger partial charge in [-0.1, -0.05) is 12.1 Å². The van der Waals surface area contributed by atoms with Crippen molar-refractivity contribution >= 4 is 38.7 Å². The van der Waals surface area contributed by atoms with Gasteiger partial charge in [0.25, 0.3) is 15.9 Å². The number of benzene rings is 2. The van der Waals surface area contributed by atoms with Crippen LogP contribution in [0.15, 0.2) is 52.2 Å². The minimum atomic E-state index is -4.03. The number of H-pyrrole nitrogens is 2. The summed E-state index contributed by atoms with van der Waals surface area (Å²) < 4.78 is 33.4. The van der Waals surface area contributed by atoms with E-state index in [0.717, 1.165) is 0 Å². The molecule has 0 unspecified atom stereocenters. The van der Waals surface area contributed by atoms with Crippen molar-refractivity contribution in [3.05, 3.63) is 58.5 Å². The summed E-state index contributed by atoms with van der Waals surface area (Å²) >= 11 is 0. The summed E-state index contributed by atoms with van der Waals surface area (Å²) in [5.41, 5.74) is 0.708. The van der Waals surface area contributed by atoms with E-state index < -0.39 is 21.6 Å². The lowest BCUT2D eigenvalue weighted by Crippen LogP contribution is -2.46.